The highest BCUT2D eigenvalue weighted by Crippen LogP contribution is 2.21. The molecule has 0 atom stereocenters. The molecule has 0 fully saturated rings. The van der Waals surface area contributed by atoms with E-state index in [0.29, 0.717) is 19.0 Å². The zero-order valence-corrected chi connectivity index (χ0v) is 12.0. The van der Waals surface area contributed by atoms with Gasteiger partial charge in [0.1, 0.15) is 11.6 Å². The first kappa shape index (κ1) is 16.4. The molecule has 4 nitrogen and oxygen atoms in total. The van der Waals surface area contributed by atoms with Crippen molar-refractivity contribution in [2.24, 2.45) is 0 Å². The molecule has 0 spiro atoms. The van der Waals surface area contributed by atoms with Crippen LogP contribution < -0.4 is 5.32 Å². The Morgan fingerprint density at radius 3 is 2.45 bits per heavy atom. The van der Waals surface area contributed by atoms with E-state index in [2.05, 4.69) is 10.1 Å². The lowest BCUT2D eigenvalue weighted by Crippen LogP contribution is -2.26. The van der Waals surface area contributed by atoms with E-state index in [1.165, 1.54) is 0 Å². The molecule has 112 valence electrons. The van der Waals surface area contributed by atoms with Gasteiger partial charge in [0.2, 0.25) is 0 Å². The quantitative estimate of drug-likeness (QED) is 0.817. The molecule has 20 heavy (non-hydrogen) atoms. The fraction of sp³-hybridized carbons (Fsp3) is 0.500. The van der Waals surface area contributed by atoms with Crippen LogP contribution >= 0.6 is 0 Å². The number of anilines is 1. The summed E-state index contributed by atoms with van der Waals surface area (Å²) in [4.78, 5) is 11.3. The zero-order valence-electron chi connectivity index (χ0n) is 12.0. The molecule has 0 radical (unpaired) electrons. The van der Waals surface area contributed by atoms with E-state index in [9.17, 15) is 13.6 Å². The lowest BCUT2D eigenvalue weighted by atomic mass is 10.1. The minimum absolute atomic E-state index is 0.0544. The third-order valence-electron chi connectivity index (χ3n) is 3.06. The lowest BCUT2D eigenvalue weighted by molar-refractivity contribution is 0.0184. The fourth-order valence-corrected chi connectivity index (χ4v) is 1.55. The van der Waals surface area contributed by atoms with Crippen LogP contribution in [0.3, 0.4) is 0 Å². The van der Waals surface area contributed by atoms with Crippen molar-refractivity contribution in [2.75, 3.05) is 26.1 Å². The van der Waals surface area contributed by atoms with E-state index >= 15 is 0 Å². The average molecular weight is 287 g/mol. The molecule has 1 rings (SSSR count). The van der Waals surface area contributed by atoms with Gasteiger partial charge in [-0.25, -0.2) is 13.6 Å². The Balaban J connectivity index is 2.83. The van der Waals surface area contributed by atoms with Gasteiger partial charge in [-0.05, 0) is 26.3 Å². The smallest absolute Gasteiger partial charge is 0.340 e. The van der Waals surface area contributed by atoms with Crippen LogP contribution in [-0.2, 0) is 9.47 Å². The largest absolute Gasteiger partial charge is 0.465 e. The van der Waals surface area contributed by atoms with Gasteiger partial charge in [-0.2, -0.15) is 0 Å². The van der Waals surface area contributed by atoms with Crippen molar-refractivity contribution in [3.8, 4) is 0 Å². The Kier molecular flexibility index (Phi) is 5.44. The molecular formula is C14H19F2NO3. The Hall–Kier alpha value is -1.69. The average Bonchev–Trinajstić information content (AvgIpc) is 2.40. The maximum atomic E-state index is 13.6. The summed E-state index contributed by atoms with van der Waals surface area (Å²) in [5.41, 5.74) is -0.601. The van der Waals surface area contributed by atoms with Crippen LogP contribution in [0.1, 0.15) is 30.6 Å². The van der Waals surface area contributed by atoms with Gasteiger partial charge in [-0.15, -0.1) is 0 Å². The van der Waals surface area contributed by atoms with Crippen LogP contribution in [0.25, 0.3) is 0 Å². The number of hydrogen-bond acceptors (Lipinski definition) is 4. The molecule has 0 unspecified atom stereocenters. The Morgan fingerprint density at radius 2 is 1.90 bits per heavy atom. The summed E-state index contributed by atoms with van der Waals surface area (Å²) < 4.78 is 36.7. The number of benzene rings is 1. The minimum Gasteiger partial charge on any atom is -0.465 e. The molecule has 0 bridgehead atoms. The second kappa shape index (κ2) is 6.65. The maximum absolute atomic E-state index is 13.6. The van der Waals surface area contributed by atoms with Crippen LogP contribution in [0.15, 0.2) is 12.1 Å². The molecule has 0 saturated heterocycles. The molecule has 0 saturated carbocycles. The molecule has 0 aliphatic heterocycles. The normalized spacial score (nSPS) is 11.3. The Bertz CT molecular complexity index is 490. The molecule has 1 aromatic carbocycles. The van der Waals surface area contributed by atoms with Gasteiger partial charge in [-0.3, -0.25) is 0 Å². The van der Waals surface area contributed by atoms with E-state index in [4.69, 9.17) is 4.74 Å². The summed E-state index contributed by atoms with van der Waals surface area (Å²) in [5, 5.41) is 2.82. The van der Waals surface area contributed by atoms with Crippen molar-refractivity contribution in [1.29, 1.82) is 0 Å². The maximum Gasteiger partial charge on any atom is 0.340 e. The van der Waals surface area contributed by atoms with Crippen LogP contribution in [0.2, 0.25) is 0 Å². The van der Waals surface area contributed by atoms with Gasteiger partial charge < -0.3 is 14.8 Å². The zero-order chi connectivity index (χ0) is 15.3. The van der Waals surface area contributed by atoms with Gasteiger partial charge in [0.05, 0.1) is 24.0 Å². The van der Waals surface area contributed by atoms with Crippen LogP contribution in [0, 0.1) is 11.6 Å². The molecular weight excluding hydrogens is 268 g/mol. The van der Waals surface area contributed by atoms with E-state index in [0.717, 1.165) is 13.2 Å². The summed E-state index contributed by atoms with van der Waals surface area (Å²) in [6, 6.07) is 1.77. The predicted molar refractivity (Wildman–Crippen MR) is 71.9 cm³/mol. The number of rotatable bonds is 6. The number of nitrogens with one attached hydrogen (secondary N) is 1. The molecule has 0 aliphatic carbocycles. The number of ether oxygens (including phenoxy) is 2. The topological polar surface area (TPSA) is 47.6 Å². The first-order valence-electron chi connectivity index (χ1n) is 6.17. The molecule has 1 N–H and O–H groups in total. The number of carbonyl (C=O) groups excluding carboxylic acids is 1. The second-order valence-electron chi connectivity index (χ2n) is 4.94. The highest BCUT2D eigenvalue weighted by atomic mass is 19.1. The molecule has 0 aromatic heterocycles. The van der Waals surface area contributed by atoms with Crippen molar-refractivity contribution in [1.82, 2.24) is 0 Å². The number of esters is 1. The van der Waals surface area contributed by atoms with Crippen molar-refractivity contribution in [3.05, 3.63) is 29.3 Å². The number of carbonyl (C=O) groups is 1. The van der Waals surface area contributed by atoms with Gasteiger partial charge >= 0.3 is 5.97 Å². The molecule has 0 heterocycles. The van der Waals surface area contributed by atoms with E-state index < -0.39 is 17.6 Å². The Morgan fingerprint density at radius 1 is 1.25 bits per heavy atom. The fourth-order valence-electron chi connectivity index (χ4n) is 1.55. The lowest BCUT2D eigenvalue weighted by Gasteiger charge is -2.23. The summed E-state index contributed by atoms with van der Waals surface area (Å²) in [5.74, 6) is -2.55. The van der Waals surface area contributed by atoms with E-state index in [1.54, 1.807) is 7.11 Å². The summed E-state index contributed by atoms with van der Waals surface area (Å²) >= 11 is 0. The second-order valence-corrected chi connectivity index (χ2v) is 4.94. The van der Waals surface area contributed by atoms with Gasteiger partial charge in [-0.1, -0.05) is 0 Å². The highest BCUT2D eigenvalue weighted by Gasteiger charge is 2.18. The molecule has 0 amide bonds. The van der Waals surface area contributed by atoms with Crippen molar-refractivity contribution < 1.29 is 23.0 Å². The monoisotopic (exact) mass is 287 g/mol. The third kappa shape index (κ3) is 4.16. The standard InChI is InChI=1S/C14H19F2NO3/c1-14(2,20-4)5-6-17-12-7-9(13(18)19-3)10(15)8-11(12)16/h7-8,17H,5-6H2,1-4H3. The first-order chi connectivity index (χ1) is 9.30. The number of hydrogen-bond donors (Lipinski definition) is 1. The highest BCUT2D eigenvalue weighted by molar-refractivity contribution is 5.90. The Labute approximate surface area is 117 Å². The number of halogens is 2. The summed E-state index contributed by atoms with van der Waals surface area (Å²) in [7, 11) is 2.73. The first-order valence-corrected chi connectivity index (χ1v) is 6.17. The van der Waals surface area contributed by atoms with Crippen molar-refractivity contribution >= 4 is 11.7 Å². The summed E-state index contributed by atoms with van der Waals surface area (Å²) in [6.07, 6.45) is 0.619. The van der Waals surface area contributed by atoms with E-state index in [-0.39, 0.29) is 16.9 Å². The van der Waals surface area contributed by atoms with Crippen molar-refractivity contribution in [2.45, 2.75) is 25.9 Å². The molecule has 0 aliphatic rings. The molecule has 1 aromatic rings. The number of methoxy groups -OCH3 is 2. The van der Waals surface area contributed by atoms with Crippen LogP contribution in [0.5, 0.6) is 0 Å². The van der Waals surface area contributed by atoms with E-state index in [1.807, 2.05) is 13.8 Å². The predicted octanol–water partition coefficient (Wildman–Crippen LogP) is 2.98. The summed E-state index contributed by atoms with van der Waals surface area (Å²) in [6.45, 7) is 4.22. The van der Waals surface area contributed by atoms with Crippen LogP contribution in [0.4, 0.5) is 14.5 Å². The van der Waals surface area contributed by atoms with Gasteiger partial charge in [0.25, 0.3) is 0 Å². The third-order valence-corrected chi connectivity index (χ3v) is 3.06. The van der Waals surface area contributed by atoms with Crippen LogP contribution in [-0.4, -0.2) is 32.3 Å². The van der Waals surface area contributed by atoms with Crippen molar-refractivity contribution in [3.63, 3.8) is 0 Å². The SMILES string of the molecule is COC(=O)c1cc(NCCC(C)(C)OC)c(F)cc1F. The van der Waals surface area contributed by atoms with Gasteiger partial charge in [0, 0.05) is 19.7 Å². The van der Waals surface area contributed by atoms with Gasteiger partial charge in [0.15, 0.2) is 0 Å². The minimum atomic E-state index is -0.947. The molecule has 6 heteroatoms.